The SMILES string of the molecule is CCC=C(C)C(O)CC/C=C\CC. The summed E-state index contributed by atoms with van der Waals surface area (Å²) in [5, 5.41) is 9.65. The maximum Gasteiger partial charge on any atom is 0.0750 e. The maximum atomic E-state index is 9.65. The van der Waals surface area contributed by atoms with Gasteiger partial charge in [-0.3, -0.25) is 0 Å². The maximum absolute atomic E-state index is 9.65. The highest BCUT2D eigenvalue weighted by Crippen LogP contribution is 2.09. The molecule has 0 rings (SSSR count). The number of allylic oxidation sites excluding steroid dienone is 3. The van der Waals surface area contributed by atoms with Gasteiger partial charge in [0.2, 0.25) is 0 Å². The van der Waals surface area contributed by atoms with Gasteiger partial charge >= 0.3 is 0 Å². The fourth-order valence-corrected chi connectivity index (χ4v) is 1.22. The molecule has 76 valence electrons. The van der Waals surface area contributed by atoms with Crippen LogP contribution >= 0.6 is 0 Å². The summed E-state index contributed by atoms with van der Waals surface area (Å²) in [4.78, 5) is 0. The average molecular weight is 182 g/mol. The molecule has 0 aromatic carbocycles. The van der Waals surface area contributed by atoms with Crippen LogP contribution < -0.4 is 0 Å². The zero-order chi connectivity index (χ0) is 10.1. The Hall–Kier alpha value is -0.560. The summed E-state index contributed by atoms with van der Waals surface area (Å²) in [5.41, 5.74) is 1.10. The van der Waals surface area contributed by atoms with Gasteiger partial charge in [-0.1, -0.05) is 32.1 Å². The molecule has 0 spiro atoms. The molecular weight excluding hydrogens is 160 g/mol. The molecule has 0 bridgehead atoms. The lowest BCUT2D eigenvalue weighted by Crippen LogP contribution is -2.07. The number of hydrogen-bond acceptors (Lipinski definition) is 1. The number of aliphatic hydroxyl groups excluding tert-OH is 1. The Balaban J connectivity index is 3.67. The Bertz CT molecular complexity index is 168. The largest absolute Gasteiger partial charge is 0.389 e. The first-order chi connectivity index (χ1) is 6.22. The predicted octanol–water partition coefficient (Wildman–Crippen LogP) is 3.45. The van der Waals surface area contributed by atoms with E-state index >= 15 is 0 Å². The van der Waals surface area contributed by atoms with E-state index in [1.54, 1.807) is 0 Å². The molecule has 1 heteroatoms. The van der Waals surface area contributed by atoms with Crippen molar-refractivity contribution < 1.29 is 5.11 Å². The van der Waals surface area contributed by atoms with Crippen LogP contribution in [-0.2, 0) is 0 Å². The minimum atomic E-state index is -0.249. The topological polar surface area (TPSA) is 20.2 Å². The predicted molar refractivity (Wildman–Crippen MR) is 58.7 cm³/mol. The Kier molecular flexibility index (Phi) is 7.71. The zero-order valence-electron chi connectivity index (χ0n) is 9.09. The van der Waals surface area contributed by atoms with Crippen LogP contribution in [0, 0.1) is 0 Å². The van der Waals surface area contributed by atoms with Gasteiger partial charge < -0.3 is 5.11 Å². The van der Waals surface area contributed by atoms with Gasteiger partial charge in [0.1, 0.15) is 0 Å². The second-order valence-corrected chi connectivity index (χ2v) is 3.33. The van der Waals surface area contributed by atoms with E-state index in [-0.39, 0.29) is 6.10 Å². The molecule has 13 heavy (non-hydrogen) atoms. The van der Waals surface area contributed by atoms with E-state index in [0.29, 0.717) is 0 Å². The number of rotatable bonds is 6. The van der Waals surface area contributed by atoms with E-state index in [0.717, 1.165) is 31.3 Å². The van der Waals surface area contributed by atoms with Crippen molar-refractivity contribution in [1.29, 1.82) is 0 Å². The standard InChI is InChI=1S/C12H22O/c1-4-6-7-8-10-12(13)11(3)9-5-2/h6-7,9,12-13H,4-5,8,10H2,1-3H3/b7-6-,11-9?. The second kappa shape index (κ2) is 8.06. The molecule has 1 nitrogen and oxygen atoms in total. The summed E-state index contributed by atoms with van der Waals surface area (Å²) in [6, 6.07) is 0. The van der Waals surface area contributed by atoms with Crippen molar-refractivity contribution in [1.82, 2.24) is 0 Å². The molecular formula is C12H22O. The summed E-state index contributed by atoms with van der Waals surface area (Å²) in [5.74, 6) is 0. The highest BCUT2D eigenvalue weighted by molar-refractivity contribution is 5.04. The van der Waals surface area contributed by atoms with Crippen LogP contribution in [0.2, 0.25) is 0 Å². The fourth-order valence-electron chi connectivity index (χ4n) is 1.22. The van der Waals surface area contributed by atoms with Gasteiger partial charge in [-0.25, -0.2) is 0 Å². The lowest BCUT2D eigenvalue weighted by molar-refractivity contribution is 0.201. The average Bonchev–Trinajstić information content (AvgIpc) is 2.12. The third-order valence-corrected chi connectivity index (χ3v) is 2.06. The molecule has 0 radical (unpaired) electrons. The van der Waals surface area contributed by atoms with Gasteiger partial charge in [-0.05, 0) is 38.2 Å². The first-order valence-corrected chi connectivity index (χ1v) is 5.22. The van der Waals surface area contributed by atoms with Crippen molar-refractivity contribution in [3.63, 3.8) is 0 Å². The van der Waals surface area contributed by atoms with E-state index in [2.05, 4.69) is 32.1 Å². The first-order valence-electron chi connectivity index (χ1n) is 5.22. The fraction of sp³-hybridized carbons (Fsp3) is 0.667. The van der Waals surface area contributed by atoms with Gasteiger partial charge in [0.25, 0.3) is 0 Å². The Morgan fingerprint density at radius 1 is 1.23 bits per heavy atom. The van der Waals surface area contributed by atoms with Gasteiger partial charge in [0, 0.05) is 0 Å². The summed E-state index contributed by atoms with van der Waals surface area (Å²) >= 11 is 0. The summed E-state index contributed by atoms with van der Waals surface area (Å²) in [7, 11) is 0. The van der Waals surface area contributed by atoms with E-state index < -0.39 is 0 Å². The van der Waals surface area contributed by atoms with Crippen LogP contribution in [0.5, 0.6) is 0 Å². The summed E-state index contributed by atoms with van der Waals surface area (Å²) in [6.07, 6.45) is 10.0. The minimum Gasteiger partial charge on any atom is -0.389 e. The molecule has 0 saturated heterocycles. The molecule has 0 heterocycles. The Morgan fingerprint density at radius 2 is 1.92 bits per heavy atom. The van der Waals surface area contributed by atoms with E-state index in [4.69, 9.17) is 0 Å². The Morgan fingerprint density at radius 3 is 2.46 bits per heavy atom. The van der Waals surface area contributed by atoms with Crippen molar-refractivity contribution in [2.75, 3.05) is 0 Å². The molecule has 1 unspecified atom stereocenters. The number of aliphatic hydroxyl groups is 1. The molecule has 0 aliphatic heterocycles. The van der Waals surface area contributed by atoms with Gasteiger partial charge in [0.05, 0.1) is 6.10 Å². The van der Waals surface area contributed by atoms with E-state index in [1.165, 1.54) is 0 Å². The van der Waals surface area contributed by atoms with Gasteiger partial charge in [-0.15, -0.1) is 0 Å². The summed E-state index contributed by atoms with van der Waals surface area (Å²) in [6.45, 7) is 6.21. The molecule has 0 saturated carbocycles. The van der Waals surface area contributed by atoms with E-state index in [1.807, 2.05) is 6.92 Å². The molecule has 1 N–H and O–H groups in total. The minimum absolute atomic E-state index is 0.249. The molecule has 1 atom stereocenters. The van der Waals surface area contributed by atoms with Gasteiger partial charge in [-0.2, -0.15) is 0 Å². The van der Waals surface area contributed by atoms with Crippen molar-refractivity contribution >= 4 is 0 Å². The second-order valence-electron chi connectivity index (χ2n) is 3.33. The lowest BCUT2D eigenvalue weighted by Gasteiger charge is -2.09. The first kappa shape index (κ1) is 12.4. The van der Waals surface area contributed by atoms with Crippen LogP contribution in [0.15, 0.2) is 23.8 Å². The van der Waals surface area contributed by atoms with Gasteiger partial charge in [0.15, 0.2) is 0 Å². The van der Waals surface area contributed by atoms with Crippen molar-refractivity contribution in [3.8, 4) is 0 Å². The van der Waals surface area contributed by atoms with Crippen LogP contribution in [0.1, 0.15) is 46.5 Å². The normalized spacial score (nSPS) is 15.2. The van der Waals surface area contributed by atoms with Crippen LogP contribution in [0.3, 0.4) is 0 Å². The molecule has 0 aliphatic carbocycles. The Labute approximate surface area is 82.2 Å². The van der Waals surface area contributed by atoms with Crippen molar-refractivity contribution in [2.45, 2.75) is 52.6 Å². The molecule has 0 fully saturated rings. The van der Waals surface area contributed by atoms with Crippen molar-refractivity contribution in [3.05, 3.63) is 23.8 Å². The molecule has 0 aromatic rings. The van der Waals surface area contributed by atoms with Crippen LogP contribution in [0.25, 0.3) is 0 Å². The van der Waals surface area contributed by atoms with Crippen LogP contribution in [0.4, 0.5) is 0 Å². The third-order valence-electron chi connectivity index (χ3n) is 2.06. The summed E-state index contributed by atoms with van der Waals surface area (Å²) < 4.78 is 0. The third kappa shape index (κ3) is 6.59. The molecule has 0 amide bonds. The monoisotopic (exact) mass is 182 g/mol. The molecule has 0 aliphatic rings. The van der Waals surface area contributed by atoms with Crippen LogP contribution in [-0.4, -0.2) is 11.2 Å². The molecule has 0 aromatic heterocycles. The quantitative estimate of drug-likeness (QED) is 0.624. The van der Waals surface area contributed by atoms with E-state index in [9.17, 15) is 5.11 Å². The van der Waals surface area contributed by atoms with Crippen molar-refractivity contribution in [2.24, 2.45) is 0 Å². The lowest BCUT2D eigenvalue weighted by atomic mass is 10.1. The highest BCUT2D eigenvalue weighted by Gasteiger charge is 2.03. The smallest absolute Gasteiger partial charge is 0.0750 e. The zero-order valence-corrected chi connectivity index (χ0v) is 9.09. The number of hydrogen-bond donors (Lipinski definition) is 1. The highest BCUT2D eigenvalue weighted by atomic mass is 16.3.